The highest BCUT2D eigenvalue weighted by atomic mass is 16.1. The third-order valence-electron chi connectivity index (χ3n) is 3.12. The molecule has 2 aromatic heterocycles. The average Bonchev–Trinajstić information content (AvgIpc) is 3.00. The van der Waals surface area contributed by atoms with Gasteiger partial charge in [0.15, 0.2) is 5.82 Å². The quantitative estimate of drug-likeness (QED) is 0.805. The predicted molar refractivity (Wildman–Crippen MR) is 83.0 cm³/mol. The van der Waals surface area contributed by atoms with Gasteiger partial charge in [-0.3, -0.25) is 4.79 Å². The van der Waals surface area contributed by atoms with E-state index in [-0.39, 0.29) is 5.91 Å². The fourth-order valence-electron chi connectivity index (χ4n) is 2.24. The largest absolute Gasteiger partial charge is 0.306 e. The Bertz CT molecular complexity index is 791. The van der Waals surface area contributed by atoms with Crippen LogP contribution in [-0.2, 0) is 0 Å². The molecule has 0 fully saturated rings. The SMILES string of the molecule is Cc1cc(C)cc(C(=O)Nc2cc(-n3cccn3)ncn2)c1. The first-order valence-corrected chi connectivity index (χ1v) is 6.83. The molecule has 0 saturated heterocycles. The molecule has 0 unspecified atom stereocenters. The second-order valence-corrected chi connectivity index (χ2v) is 5.04. The first-order chi connectivity index (χ1) is 10.6. The molecule has 0 saturated carbocycles. The number of nitrogens with one attached hydrogen (secondary N) is 1. The summed E-state index contributed by atoms with van der Waals surface area (Å²) in [5.74, 6) is 0.831. The van der Waals surface area contributed by atoms with Gasteiger partial charge >= 0.3 is 0 Å². The van der Waals surface area contributed by atoms with Gasteiger partial charge in [-0.1, -0.05) is 17.2 Å². The van der Waals surface area contributed by atoms with Crippen LogP contribution in [0.5, 0.6) is 0 Å². The maximum Gasteiger partial charge on any atom is 0.256 e. The minimum atomic E-state index is -0.197. The molecule has 3 aromatic rings. The summed E-state index contributed by atoms with van der Waals surface area (Å²) in [7, 11) is 0. The van der Waals surface area contributed by atoms with Crippen molar-refractivity contribution in [2.75, 3.05) is 5.32 Å². The standard InChI is InChI=1S/C16H15N5O/c1-11-6-12(2)8-13(7-11)16(22)20-14-9-15(18-10-17-14)21-5-3-4-19-21/h3-10H,1-2H3,(H,17,18,20,22). The summed E-state index contributed by atoms with van der Waals surface area (Å²) in [5.41, 5.74) is 2.70. The highest BCUT2D eigenvalue weighted by Gasteiger charge is 2.09. The summed E-state index contributed by atoms with van der Waals surface area (Å²) in [6.45, 7) is 3.93. The molecule has 3 rings (SSSR count). The minimum absolute atomic E-state index is 0.197. The number of nitrogens with zero attached hydrogens (tertiary/aromatic N) is 4. The molecule has 0 atom stereocenters. The number of carbonyl (C=O) groups excluding carboxylic acids is 1. The van der Waals surface area contributed by atoms with Crippen molar-refractivity contribution in [2.45, 2.75) is 13.8 Å². The number of carbonyl (C=O) groups is 1. The Kier molecular flexibility index (Phi) is 3.65. The normalized spacial score (nSPS) is 10.5. The second kappa shape index (κ2) is 5.77. The molecule has 0 aliphatic carbocycles. The Morgan fingerprint density at radius 2 is 1.86 bits per heavy atom. The molecular formula is C16H15N5O. The molecule has 0 radical (unpaired) electrons. The van der Waals surface area contributed by atoms with Crippen molar-refractivity contribution in [3.8, 4) is 5.82 Å². The summed E-state index contributed by atoms with van der Waals surface area (Å²) < 4.78 is 1.61. The van der Waals surface area contributed by atoms with Crippen LogP contribution in [0.4, 0.5) is 5.82 Å². The number of hydrogen-bond acceptors (Lipinski definition) is 4. The molecule has 1 aromatic carbocycles. The lowest BCUT2D eigenvalue weighted by Crippen LogP contribution is -2.14. The Hall–Kier alpha value is -3.02. The summed E-state index contributed by atoms with van der Waals surface area (Å²) in [5, 5.41) is 6.89. The zero-order valence-electron chi connectivity index (χ0n) is 12.3. The lowest BCUT2D eigenvalue weighted by atomic mass is 10.1. The van der Waals surface area contributed by atoms with Gasteiger partial charge in [0.1, 0.15) is 12.1 Å². The number of anilines is 1. The maximum absolute atomic E-state index is 12.3. The number of rotatable bonds is 3. The Balaban J connectivity index is 1.84. The van der Waals surface area contributed by atoms with Crippen molar-refractivity contribution in [3.05, 3.63) is 65.7 Å². The van der Waals surface area contributed by atoms with E-state index in [0.29, 0.717) is 17.2 Å². The molecule has 1 amide bonds. The molecule has 0 aliphatic heterocycles. The monoisotopic (exact) mass is 293 g/mol. The lowest BCUT2D eigenvalue weighted by molar-refractivity contribution is 0.102. The van der Waals surface area contributed by atoms with Crippen molar-refractivity contribution in [2.24, 2.45) is 0 Å². The van der Waals surface area contributed by atoms with Crippen LogP contribution in [0.25, 0.3) is 5.82 Å². The van der Waals surface area contributed by atoms with Crippen LogP contribution in [0.3, 0.4) is 0 Å². The van der Waals surface area contributed by atoms with Crippen molar-refractivity contribution in [1.82, 2.24) is 19.7 Å². The third-order valence-corrected chi connectivity index (χ3v) is 3.12. The topological polar surface area (TPSA) is 72.7 Å². The predicted octanol–water partition coefficient (Wildman–Crippen LogP) is 2.53. The van der Waals surface area contributed by atoms with E-state index >= 15 is 0 Å². The smallest absolute Gasteiger partial charge is 0.256 e. The van der Waals surface area contributed by atoms with Crippen molar-refractivity contribution in [3.63, 3.8) is 0 Å². The second-order valence-electron chi connectivity index (χ2n) is 5.04. The summed E-state index contributed by atoms with van der Waals surface area (Å²) >= 11 is 0. The first-order valence-electron chi connectivity index (χ1n) is 6.83. The number of aromatic nitrogens is 4. The van der Waals surface area contributed by atoms with Crippen LogP contribution in [0.15, 0.2) is 49.1 Å². The molecule has 22 heavy (non-hydrogen) atoms. The number of aryl methyl sites for hydroxylation is 2. The average molecular weight is 293 g/mol. The first kappa shape index (κ1) is 13.9. The third kappa shape index (κ3) is 3.01. The van der Waals surface area contributed by atoms with E-state index in [4.69, 9.17) is 0 Å². The minimum Gasteiger partial charge on any atom is -0.306 e. The maximum atomic E-state index is 12.3. The van der Waals surface area contributed by atoms with E-state index in [1.165, 1.54) is 6.33 Å². The molecule has 6 heteroatoms. The fourth-order valence-corrected chi connectivity index (χ4v) is 2.24. The van der Waals surface area contributed by atoms with Gasteiger partial charge < -0.3 is 5.32 Å². The highest BCUT2D eigenvalue weighted by molar-refractivity contribution is 6.04. The summed E-state index contributed by atoms with van der Waals surface area (Å²) in [4.78, 5) is 20.5. The molecule has 0 aliphatic rings. The molecule has 6 nitrogen and oxygen atoms in total. The summed E-state index contributed by atoms with van der Waals surface area (Å²) in [6, 6.07) is 9.19. The van der Waals surface area contributed by atoms with Crippen LogP contribution in [0.2, 0.25) is 0 Å². The van der Waals surface area contributed by atoms with E-state index in [0.717, 1.165) is 11.1 Å². The molecule has 2 heterocycles. The van der Waals surface area contributed by atoms with Crippen LogP contribution in [0.1, 0.15) is 21.5 Å². The number of amides is 1. The van der Waals surface area contributed by atoms with Crippen molar-refractivity contribution < 1.29 is 4.79 Å². The molecule has 0 bridgehead atoms. The fraction of sp³-hybridized carbons (Fsp3) is 0.125. The lowest BCUT2D eigenvalue weighted by Gasteiger charge is -2.07. The Morgan fingerprint density at radius 1 is 1.09 bits per heavy atom. The van der Waals surface area contributed by atoms with Gasteiger partial charge in [-0.15, -0.1) is 0 Å². The molecule has 0 spiro atoms. The van der Waals surface area contributed by atoms with Gasteiger partial charge in [0.05, 0.1) is 0 Å². The van der Waals surface area contributed by atoms with Crippen molar-refractivity contribution in [1.29, 1.82) is 0 Å². The highest BCUT2D eigenvalue weighted by Crippen LogP contribution is 2.12. The van der Waals surface area contributed by atoms with Gasteiger partial charge in [0, 0.05) is 24.0 Å². The number of hydrogen-bond donors (Lipinski definition) is 1. The van der Waals surface area contributed by atoms with E-state index in [1.807, 2.05) is 32.0 Å². The zero-order valence-corrected chi connectivity index (χ0v) is 12.3. The Labute approximate surface area is 127 Å². The van der Waals surface area contributed by atoms with Gasteiger partial charge in [-0.25, -0.2) is 14.6 Å². The summed E-state index contributed by atoms with van der Waals surface area (Å²) in [6.07, 6.45) is 4.84. The molecule has 1 N–H and O–H groups in total. The van der Waals surface area contributed by atoms with E-state index in [2.05, 4.69) is 20.4 Å². The van der Waals surface area contributed by atoms with E-state index in [1.54, 1.807) is 29.2 Å². The van der Waals surface area contributed by atoms with Gasteiger partial charge in [-0.2, -0.15) is 5.10 Å². The van der Waals surface area contributed by atoms with Gasteiger partial charge in [-0.05, 0) is 32.0 Å². The Morgan fingerprint density at radius 3 is 2.55 bits per heavy atom. The van der Waals surface area contributed by atoms with Crippen molar-refractivity contribution >= 4 is 11.7 Å². The van der Waals surface area contributed by atoms with E-state index in [9.17, 15) is 4.79 Å². The van der Waals surface area contributed by atoms with Gasteiger partial charge in [0.25, 0.3) is 5.91 Å². The van der Waals surface area contributed by atoms with Crippen LogP contribution < -0.4 is 5.32 Å². The van der Waals surface area contributed by atoms with Crippen LogP contribution in [0, 0.1) is 13.8 Å². The van der Waals surface area contributed by atoms with Crippen LogP contribution >= 0.6 is 0 Å². The van der Waals surface area contributed by atoms with Crippen LogP contribution in [-0.4, -0.2) is 25.7 Å². The molecular weight excluding hydrogens is 278 g/mol. The van der Waals surface area contributed by atoms with Gasteiger partial charge in [0.2, 0.25) is 0 Å². The molecule has 110 valence electrons. The van der Waals surface area contributed by atoms with E-state index < -0.39 is 0 Å². The zero-order chi connectivity index (χ0) is 15.5. The number of benzene rings is 1.